The van der Waals surface area contributed by atoms with E-state index in [1.807, 2.05) is 30.3 Å². The number of Topliss-reactive ketones (excluding diaryl/α,β-unsaturated/α-hetero) is 1. The van der Waals surface area contributed by atoms with Gasteiger partial charge in [-0.25, -0.2) is 0 Å². The molecule has 0 unspecified atom stereocenters. The van der Waals surface area contributed by atoms with Crippen molar-refractivity contribution in [2.75, 3.05) is 0 Å². The van der Waals surface area contributed by atoms with E-state index < -0.39 is 11.8 Å². The first-order chi connectivity index (χ1) is 9.20. The third kappa shape index (κ3) is 3.39. The average molecular weight is 271 g/mol. The number of carbonyl (C=O) groups excluding carboxylic acids is 3. The van der Waals surface area contributed by atoms with Crippen LogP contribution in [-0.2, 0) is 9.22 Å². The highest BCUT2D eigenvalue weighted by atomic mass is 32.2. The van der Waals surface area contributed by atoms with Gasteiger partial charge in [0.15, 0.2) is 6.79 Å². The normalized spacial score (nSPS) is 9.89. The zero-order valence-corrected chi connectivity index (χ0v) is 10.9. The van der Waals surface area contributed by atoms with Crippen LogP contribution in [0.15, 0.2) is 64.4 Å². The van der Waals surface area contributed by atoms with Gasteiger partial charge in [-0.2, -0.15) is 0 Å². The minimum absolute atomic E-state index is 0.297. The van der Waals surface area contributed by atoms with Gasteiger partial charge in [0, 0.05) is 15.4 Å². The van der Waals surface area contributed by atoms with Crippen LogP contribution >= 0.6 is 11.8 Å². The van der Waals surface area contributed by atoms with Crippen molar-refractivity contribution in [3.05, 3.63) is 60.2 Å². The van der Waals surface area contributed by atoms with Crippen LogP contribution < -0.4 is 0 Å². The van der Waals surface area contributed by atoms with E-state index in [-0.39, 0.29) is 0 Å². The van der Waals surface area contributed by atoms with Crippen LogP contribution in [0.3, 0.4) is 0 Å². The summed E-state index contributed by atoms with van der Waals surface area (Å²) in [6.45, 7) is 2.93. The molecule has 2 aromatic carbocycles. The van der Waals surface area contributed by atoms with Crippen molar-refractivity contribution in [1.29, 1.82) is 0 Å². The summed E-state index contributed by atoms with van der Waals surface area (Å²) in [6, 6.07) is 16.7. The molecular formula is C15H11O3S+. The van der Waals surface area contributed by atoms with Gasteiger partial charge in [0.1, 0.15) is 0 Å². The van der Waals surface area contributed by atoms with Crippen LogP contribution in [0.1, 0.15) is 10.4 Å². The summed E-state index contributed by atoms with van der Waals surface area (Å²) in [7, 11) is 0. The second kappa shape index (κ2) is 6.11. The van der Waals surface area contributed by atoms with Gasteiger partial charge in [-0.1, -0.05) is 30.0 Å². The molecule has 0 atom stereocenters. The quantitative estimate of drug-likeness (QED) is 0.488. The molecule has 0 aliphatic rings. The van der Waals surface area contributed by atoms with Crippen LogP contribution in [0, 0.1) is 0 Å². The van der Waals surface area contributed by atoms with Crippen LogP contribution in [0.25, 0.3) is 0 Å². The molecule has 19 heavy (non-hydrogen) atoms. The molecule has 2 rings (SSSR count). The first-order valence-electron chi connectivity index (χ1n) is 5.54. The highest BCUT2D eigenvalue weighted by molar-refractivity contribution is 7.99. The van der Waals surface area contributed by atoms with Gasteiger partial charge >= 0.3 is 11.8 Å². The van der Waals surface area contributed by atoms with Crippen LogP contribution in [0.2, 0.25) is 0 Å². The molecule has 0 saturated carbocycles. The molecule has 0 amide bonds. The Morgan fingerprint density at radius 2 is 1.47 bits per heavy atom. The Kier molecular flexibility index (Phi) is 4.26. The fourth-order valence-electron chi connectivity index (χ4n) is 1.48. The maximum absolute atomic E-state index is 11.5. The lowest BCUT2D eigenvalue weighted by atomic mass is 10.1. The van der Waals surface area contributed by atoms with Gasteiger partial charge in [-0.15, -0.1) is 0 Å². The van der Waals surface area contributed by atoms with Crippen LogP contribution in [-0.4, -0.2) is 18.5 Å². The topological polar surface area (TPSA) is 45.4 Å². The Morgan fingerprint density at radius 1 is 0.895 bits per heavy atom. The lowest BCUT2D eigenvalue weighted by Gasteiger charge is -2.01. The Labute approximate surface area is 115 Å². The minimum atomic E-state index is -0.955. The Morgan fingerprint density at radius 3 is 2.05 bits per heavy atom. The van der Waals surface area contributed by atoms with Crippen molar-refractivity contribution >= 4 is 30.3 Å². The fourth-order valence-corrected chi connectivity index (χ4v) is 2.32. The van der Waals surface area contributed by atoms with Crippen LogP contribution in [0.4, 0.5) is 0 Å². The Hall–Kier alpha value is -2.20. The fraction of sp³-hybridized carbons (Fsp3) is 0. The summed E-state index contributed by atoms with van der Waals surface area (Å²) >= 11 is 1.58. The Balaban J connectivity index is 2.13. The zero-order chi connectivity index (χ0) is 13.7. The molecule has 0 aliphatic heterocycles. The molecule has 0 bridgehead atoms. The molecule has 0 spiro atoms. The van der Waals surface area contributed by atoms with Gasteiger partial charge in [0.25, 0.3) is 0 Å². The monoisotopic (exact) mass is 271 g/mol. The summed E-state index contributed by atoms with van der Waals surface area (Å²) in [5.74, 6) is -1.64. The predicted molar refractivity (Wildman–Crippen MR) is 73.5 cm³/mol. The lowest BCUT2D eigenvalue weighted by Crippen LogP contribution is -2.13. The van der Waals surface area contributed by atoms with Crippen molar-refractivity contribution in [2.24, 2.45) is 0 Å². The number of hydrogen-bond acceptors (Lipinski definition) is 3. The highest BCUT2D eigenvalue weighted by Crippen LogP contribution is 2.27. The summed E-state index contributed by atoms with van der Waals surface area (Å²) < 4.78 is 4.15. The molecule has 0 fully saturated rings. The van der Waals surface area contributed by atoms with Gasteiger partial charge in [-0.05, 0) is 36.4 Å². The first kappa shape index (κ1) is 13.2. The van der Waals surface area contributed by atoms with E-state index >= 15 is 0 Å². The molecular weight excluding hydrogens is 260 g/mol. The summed E-state index contributed by atoms with van der Waals surface area (Å²) in [6.07, 6.45) is 0. The van der Waals surface area contributed by atoms with E-state index in [0.29, 0.717) is 5.56 Å². The van der Waals surface area contributed by atoms with Crippen molar-refractivity contribution in [3.63, 3.8) is 0 Å². The molecule has 2 aromatic rings. The van der Waals surface area contributed by atoms with Gasteiger partial charge in [-0.3, -0.25) is 9.22 Å². The lowest BCUT2D eigenvalue weighted by molar-refractivity contribution is -0.360. The molecule has 0 N–H and O–H groups in total. The summed E-state index contributed by atoms with van der Waals surface area (Å²) in [5.41, 5.74) is 0.297. The van der Waals surface area contributed by atoms with Gasteiger partial charge in [0.05, 0.1) is 4.79 Å². The van der Waals surface area contributed by atoms with E-state index in [1.165, 1.54) is 0 Å². The predicted octanol–water partition coefficient (Wildman–Crippen LogP) is 2.91. The van der Waals surface area contributed by atoms with E-state index in [9.17, 15) is 9.59 Å². The maximum Gasteiger partial charge on any atom is 0.653 e. The SMILES string of the molecule is C=[O+]C(=O)C(=O)c1ccc(Sc2ccccc2)cc1. The van der Waals surface area contributed by atoms with E-state index in [1.54, 1.807) is 36.0 Å². The van der Waals surface area contributed by atoms with E-state index in [0.717, 1.165) is 9.79 Å². The number of carbonyl (C=O) groups is 2. The smallest absolute Gasteiger partial charge is 0.282 e. The second-order valence-corrected chi connectivity index (χ2v) is 4.85. The minimum Gasteiger partial charge on any atom is -0.282 e. The average Bonchev–Trinajstić information content (AvgIpc) is 2.47. The number of rotatable bonds is 4. The maximum atomic E-state index is 11.5. The molecule has 0 saturated heterocycles. The van der Waals surface area contributed by atoms with Crippen molar-refractivity contribution in [1.82, 2.24) is 0 Å². The number of benzene rings is 2. The van der Waals surface area contributed by atoms with Crippen molar-refractivity contribution in [2.45, 2.75) is 9.79 Å². The largest absolute Gasteiger partial charge is 0.653 e. The van der Waals surface area contributed by atoms with Crippen molar-refractivity contribution < 1.29 is 14.0 Å². The third-order valence-corrected chi connectivity index (χ3v) is 3.43. The van der Waals surface area contributed by atoms with Gasteiger partial charge < -0.3 is 0 Å². The molecule has 0 aromatic heterocycles. The van der Waals surface area contributed by atoms with Crippen molar-refractivity contribution in [3.8, 4) is 0 Å². The second-order valence-electron chi connectivity index (χ2n) is 3.70. The first-order valence-corrected chi connectivity index (χ1v) is 6.36. The summed E-state index contributed by atoms with van der Waals surface area (Å²) in [5, 5.41) is 0. The summed E-state index contributed by atoms with van der Waals surface area (Å²) in [4.78, 5) is 24.7. The number of hydrogen-bond donors (Lipinski definition) is 0. The zero-order valence-electron chi connectivity index (χ0n) is 10.0. The standard InChI is InChI=1S/C15H11O3S/c1-18-15(17)14(16)11-7-9-13(10-8-11)19-12-5-3-2-4-6-12/h2-10H,1H2/q+1. The number of ketones is 1. The van der Waals surface area contributed by atoms with Crippen LogP contribution in [0.5, 0.6) is 0 Å². The molecule has 4 heteroatoms. The highest BCUT2D eigenvalue weighted by Gasteiger charge is 2.26. The van der Waals surface area contributed by atoms with E-state index in [2.05, 4.69) is 11.2 Å². The van der Waals surface area contributed by atoms with Gasteiger partial charge in [0.2, 0.25) is 0 Å². The molecule has 94 valence electrons. The Bertz CT molecular complexity index is 603. The molecule has 3 nitrogen and oxygen atoms in total. The molecule has 0 radical (unpaired) electrons. The molecule has 0 aliphatic carbocycles. The molecule has 0 heterocycles. The third-order valence-electron chi connectivity index (χ3n) is 2.41. The van der Waals surface area contributed by atoms with E-state index in [4.69, 9.17) is 0 Å².